The Morgan fingerprint density at radius 2 is 2.05 bits per heavy atom. The van der Waals surface area contributed by atoms with Crippen LogP contribution in [0.2, 0.25) is 0 Å². The summed E-state index contributed by atoms with van der Waals surface area (Å²) in [5.41, 5.74) is 2.18. The van der Waals surface area contributed by atoms with E-state index in [1.165, 1.54) is 5.56 Å². The summed E-state index contributed by atoms with van der Waals surface area (Å²) >= 11 is 1.62. The molecule has 1 heterocycles. The maximum atomic E-state index is 8.47. The second-order valence-corrected chi connectivity index (χ2v) is 5.23. The molecule has 0 radical (unpaired) electrons. The van der Waals surface area contributed by atoms with E-state index in [1.54, 1.807) is 16.4 Å². The average molecular weight is 273 g/mol. The predicted octanol–water partition coefficient (Wildman–Crippen LogP) is 2.76. The minimum atomic E-state index is 0.615. The molecule has 5 nitrogen and oxygen atoms in total. The SMILES string of the molecule is Cc1ccc(-n2nnnc2SCCCCC#N)cc1. The average Bonchev–Trinajstić information content (AvgIpc) is 2.88. The minimum Gasteiger partial charge on any atom is -0.198 e. The molecule has 6 heteroatoms. The van der Waals surface area contributed by atoms with Crippen molar-refractivity contribution < 1.29 is 0 Å². The van der Waals surface area contributed by atoms with Crippen LogP contribution in [0.4, 0.5) is 0 Å². The van der Waals surface area contributed by atoms with Crippen molar-refractivity contribution >= 4 is 11.8 Å². The molecule has 0 aliphatic rings. The number of hydrogen-bond donors (Lipinski definition) is 0. The maximum Gasteiger partial charge on any atom is 0.214 e. The van der Waals surface area contributed by atoms with Crippen LogP contribution in [0.5, 0.6) is 0 Å². The van der Waals surface area contributed by atoms with Crippen molar-refractivity contribution in [3.05, 3.63) is 29.8 Å². The lowest BCUT2D eigenvalue weighted by molar-refractivity contribution is 0.754. The highest BCUT2D eigenvalue weighted by molar-refractivity contribution is 7.99. The third-order valence-corrected chi connectivity index (χ3v) is 3.64. The van der Waals surface area contributed by atoms with Crippen LogP contribution in [0.3, 0.4) is 0 Å². The van der Waals surface area contributed by atoms with E-state index in [2.05, 4.69) is 21.6 Å². The van der Waals surface area contributed by atoms with Crippen molar-refractivity contribution in [2.75, 3.05) is 5.75 Å². The summed E-state index contributed by atoms with van der Waals surface area (Å²) in [5, 5.41) is 21.0. The fraction of sp³-hybridized carbons (Fsp3) is 0.385. The lowest BCUT2D eigenvalue weighted by Gasteiger charge is -2.04. The molecule has 0 unspecified atom stereocenters. The van der Waals surface area contributed by atoms with Crippen LogP contribution in [0, 0.1) is 18.3 Å². The fourth-order valence-electron chi connectivity index (χ4n) is 1.59. The molecule has 2 aromatic rings. The number of nitrogens with zero attached hydrogens (tertiary/aromatic N) is 5. The van der Waals surface area contributed by atoms with Gasteiger partial charge in [-0.05, 0) is 42.3 Å². The van der Waals surface area contributed by atoms with Gasteiger partial charge < -0.3 is 0 Å². The van der Waals surface area contributed by atoms with Gasteiger partial charge in [0, 0.05) is 12.2 Å². The molecule has 98 valence electrons. The lowest BCUT2D eigenvalue weighted by Crippen LogP contribution is -1.99. The number of thioether (sulfide) groups is 1. The third-order valence-electron chi connectivity index (χ3n) is 2.63. The van der Waals surface area contributed by atoms with E-state index in [-0.39, 0.29) is 0 Å². The van der Waals surface area contributed by atoms with Gasteiger partial charge in [-0.2, -0.15) is 9.94 Å². The van der Waals surface area contributed by atoms with Crippen molar-refractivity contribution in [2.45, 2.75) is 31.3 Å². The van der Waals surface area contributed by atoms with Crippen LogP contribution in [-0.4, -0.2) is 26.0 Å². The van der Waals surface area contributed by atoms with Gasteiger partial charge in [-0.25, -0.2) is 0 Å². The molecule has 0 atom stereocenters. The second kappa shape index (κ2) is 6.90. The van der Waals surface area contributed by atoms with E-state index in [0.29, 0.717) is 6.42 Å². The highest BCUT2D eigenvalue weighted by atomic mass is 32.2. The largest absolute Gasteiger partial charge is 0.214 e. The van der Waals surface area contributed by atoms with Gasteiger partial charge in [-0.1, -0.05) is 29.5 Å². The molecule has 0 spiro atoms. The molecule has 0 bridgehead atoms. The van der Waals surface area contributed by atoms with Crippen molar-refractivity contribution in [3.8, 4) is 11.8 Å². The van der Waals surface area contributed by atoms with Crippen LogP contribution in [0.15, 0.2) is 29.4 Å². The Bertz CT molecular complexity index is 555. The summed E-state index contributed by atoms with van der Waals surface area (Å²) in [6.07, 6.45) is 2.54. The zero-order chi connectivity index (χ0) is 13.5. The van der Waals surface area contributed by atoms with Gasteiger partial charge in [0.25, 0.3) is 0 Å². The first kappa shape index (κ1) is 13.6. The first-order valence-corrected chi connectivity index (χ1v) is 7.15. The summed E-state index contributed by atoms with van der Waals surface area (Å²) < 4.78 is 1.74. The lowest BCUT2D eigenvalue weighted by atomic mass is 10.2. The van der Waals surface area contributed by atoms with Gasteiger partial charge in [-0.15, -0.1) is 5.10 Å². The highest BCUT2D eigenvalue weighted by Crippen LogP contribution is 2.19. The Kier molecular flexibility index (Phi) is 4.93. The molecule has 19 heavy (non-hydrogen) atoms. The zero-order valence-electron chi connectivity index (χ0n) is 10.8. The molecule has 0 aliphatic carbocycles. The molecule has 0 fully saturated rings. The summed E-state index contributed by atoms with van der Waals surface area (Å²) in [6, 6.07) is 10.2. The first-order chi connectivity index (χ1) is 9.31. The van der Waals surface area contributed by atoms with Crippen LogP contribution in [-0.2, 0) is 0 Å². The monoisotopic (exact) mass is 273 g/mol. The molecule has 0 saturated carbocycles. The molecule has 0 N–H and O–H groups in total. The van der Waals surface area contributed by atoms with Crippen molar-refractivity contribution in [1.82, 2.24) is 20.2 Å². The zero-order valence-corrected chi connectivity index (χ0v) is 11.6. The number of unbranched alkanes of at least 4 members (excludes halogenated alkanes) is 2. The topological polar surface area (TPSA) is 67.4 Å². The van der Waals surface area contributed by atoms with Crippen molar-refractivity contribution in [3.63, 3.8) is 0 Å². The molecule has 2 rings (SSSR count). The number of aryl methyl sites for hydroxylation is 1. The number of hydrogen-bond acceptors (Lipinski definition) is 5. The van der Waals surface area contributed by atoms with Gasteiger partial charge in [0.2, 0.25) is 5.16 Å². The van der Waals surface area contributed by atoms with Crippen LogP contribution < -0.4 is 0 Å². The van der Waals surface area contributed by atoms with Gasteiger partial charge in [0.1, 0.15) is 0 Å². The Morgan fingerprint density at radius 3 is 2.79 bits per heavy atom. The fourth-order valence-corrected chi connectivity index (χ4v) is 2.48. The Balaban J connectivity index is 1.98. The van der Waals surface area contributed by atoms with E-state index in [4.69, 9.17) is 5.26 Å². The molecule has 1 aromatic carbocycles. The van der Waals surface area contributed by atoms with Gasteiger partial charge in [0.15, 0.2) is 0 Å². The van der Waals surface area contributed by atoms with Crippen LogP contribution in [0.25, 0.3) is 5.69 Å². The Labute approximate surface area is 116 Å². The molecular formula is C13H15N5S. The number of benzene rings is 1. The van der Waals surface area contributed by atoms with Crippen LogP contribution >= 0.6 is 11.8 Å². The third kappa shape index (κ3) is 3.80. The van der Waals surface area contributed by atoms with Crippen molar-refractivity contribution in [2.24, 2.45) is 0 Å². The number of nitriles is 1. The summed E-state index contributed by atoms with van der Waals surface area (Å²) in [5.74, 6) is 0.925. The normalized spacial score (nSPS) is 10.3. The van der Waals surface area contributed by atoms with Gasteiger partial charge >= 0.3 is 0 Å². The Morgan fingerprint density at radius 1 is 1.26 bits per heavy atom. The van der Waals surface area contributed by atoms with Gasteiger partial charge in [-0.3, -0.25) is 0 Å². The van der Waals surface area contributed by atoms with E-state index in [1.807, 2.05) is 31.2 Å². The number of rotatable bonds is 6. The quantitative estimate of drug-likeness (QED) is 0.598. The summed E-state index contributed by atoms with van der Waals surface area (Å²) in [7, 11) is 0. The Hall–Kier alpha value is -1.87. The van der Waals surface area contributed by atoms with Crippen LogP contribution in [0.1, 0.15) is 24.8 Å². The van der Waals surface area contributed by atoms with E-state index < -0.39 is 0 Å². The maximum absolute atomic E-state index is 8.47. The molecule has 1 aromatic heterocycles. The first-order valence-electron chi connectivity index (χ1n) is 6.16. The summed E-state index contributed by atoms with van der Waals surface area (Å²) in [4.78, 5) is 0. The van der Waals surface area contributed by atoms with Crippen molar-refractivity contribution in [1.29, 1.82) is 5.26 Å². The highest BCUT2D eigenvalue weighted by Gasteiger charge is 2.08. The standard InChI is InChI=1S/C13H15N5S/c1-11-5-7-12(8-6-11)18-13(15-16-17-18)19-10-4-2-3-9-14/h5-8H,2-4,10H2,1H3. The van der Waals surface area contributed by atoms with Gasteiger partial charge in [0.05, 0.1) is 11.8 Å². The number of tetrazole rings is 1. The van der Waals surface area contributed by atoms with E-state index in [0.717, 1.165) is 29.4 Å². The smallest absolute Gasteiger partial charge is 0.198 e. The second-order valence-electron chi connectivity index (χ2n) is 4.17. The molecule has 0 saturated heterocycles. The predicted molar refractivity (Wildman–Crippen MR) is 74.1 cm³/mol. The molecule has 0 amide bonds. The molecular weight excluding hydrogens is 258 g/mol. The van der Waals surface area contributed by atoms with E-state index in [9.17, 15) is 0 Å². The number of aromatic nitrogens is 4. The van der Waals surface area contributed by atoms with E-state index >= 15 is 0 Å². The molecule has 0 aliphatic heterocycles. The minimum absolute atomic E-state index is 0.615. The summed E-state index contributed by atoms with van der Waals surface area (Å²) in [6.45, 7) is 2.05.